The predicted octanol–water partition coefficient (Wildman–Crippen LogP) is 1.38. The van der Waals surface area contributed by atoms with Crippen LogP contribution in [0.5, 0.6) is 0 Å². The van der Waals surface area contributed by atoms with Gasteiger partial charge < -0.3 is 5.73 Å². The molecule has 3 N–H and O–H groups in total. The molecule has 5 heteroatoms. The van der Waals surface area contributed by atoms with Crippen molar-refractivity contribution >= 4 is 10.1 Å². The molecular weight excluding hydrogens is 190 g/mol. The first-order chi connectivity index (χ1) is 5.56. The molecule has 0 saturated carbocycles. The number of hydrogen-bond acceptors (Lipinski definition) is 3. The third kappa shape index (κ3) is 2.42. The van der Waals surface area contributed by atoms with E-state index in [0.717, 1.165) is 6.42 Å². The van der Waals surface area contributed by atoms with Crippen molar-refractivity contribution in [2.45, 2.75) is 45.4 Å². The van der Waals surface area contributed by atoms with E-state index in [4.69, 9.17) is 10.3 Å². The van der Waals surface area contributed by atoms with Crippen molar-refractivity contribution in [2.24, 2.45) is 11.1 Å². The highest BCUT2D eigenvalue weighted by molar-refractivity contribution is 7.87. The van der Waals surface area contributed by atoms with Gasteiger partial charge in [-0.1, -0.05) is 27.2 Å². The topological polar surface area (TPSA) is 80.4 Å². The summed E-state index contributed by atoms with van der Waals surface area (Å²) in [6, 6.07) is 0. The van der Waals surface area contributed by atoms with E-state index in [1.54, 1.807) is 13.8 Å². The first kappa shape index (κ1) is 12.9. The summed E-state index contributed by atoms with van der Waals surface area (Å²) in [7, 11) is -4.20. The van der Waals surface area contributed by atoms with E-state index in [1.807, 2.05) is 6.92 Å². The van der Waals surface area contributed by atoms with Crippen LogP contribution in [0.3, 0.4) is 0 Å². The van der Waals surface area contributed by atoms with Crippen molar-refractivity contribution in [3.8, 4) is 0 Å². The van der Waals surface area contributed by atoms with Gasteiger partial charge in [0.1, 0.15) is 4.87 Å². The second-order valence-electron chi connectivity index (χ2n) is 4.22. The van der Waals surface area contributed by atoms with E-state index in [9.17, 15) is 8.42 Å². The Morgan fingerprint density at radius 1 is 1.31 bits per heavy atom. The fraction of sp³-hybridized carbons (Fsp3) is 1.00. The van der Waals surface area contributed by atoms with Gasteiger partial charge in [-0.05, 0) is 18.8 Å². The molecule has 0 amide bonds. The maximum atomic E-state index is 11.0. The molecule has 0 rings (SSSR count). The van der Waals surface area contributed by atoms with Gasteiger partial charge in [-0.15, -0.1) is 0 Å². The zero-order chi connectivity index (χ0) is 10.9. The van der Waals surface area contributed by atoms with Crippen LogP contribution >= 0.6 is 0 Å². The summed E-state index contributed by atoms with van der Waals surface area (Å²) in [6.07, 6.45) is 1.48. The van der Waals surface area contributed by atoms with Gasteiger partial charge in [-0.3, -0.25) is 4.55 Å². The van der Waals surface area contributed by atoms with E-state index < -0.39 is 20.4 Å². The molecular formula is C8H19NO3S. The van der Waals surface area contributed by atoms with Crippen LogP contribution in [0.1, 0.15) is 40.5 Å². The second kappa shape index (κ2) is 3.55. The largest absolute Gasteiger partial charge is 0.310 e. The van der Waals surface area contributed by atoms with Gasteiger partial charge in [0, 0.05) is 0 Å². The monoisotopic (exact) mass is 209 g/mol. The zero-order valence-corrected chi connectivity index (χ0v) is 9.48. The van der Waals surface area contributed by atoms with Crippen LogP contribution in [-0.4, -0.2) is 17.8 Å². The van der Waals surface area contributed by atoms with Gasteiger partial charge in [0.25, 0.3) is 10.1 Å². The highest BCUT2D eigenvalue weighted by Gasteiger charge is 2.46. The first-order valence-electron chi connectivity index (χ1n) is 4.32. The van der Waals surface area contributed by atoms with Crippen LogP contribution in [0.4, 0.5) is 0 Å². The maximum absolute atomic E-state index is 11.0. The van der Waals surface area contributed by atoms with Crippen molar-refractivity contribution in [3.63, 3.8) is 0 Å². The third-order valence-electron chi connectivity index (χ3n) is 2.75. The molecule has 0 aliphatic carbocycles. The molecule has 0 bridgehead atoms. The summed E-state index contributed by atoms with van der Waals surface area (Å²) in [5.41, 5.74) is 4.99. The molecule has 1 atom stereocenters. The van der Waals surface area contributed by atoms with Crippen LogP contribution < -0.4 is 5.73 Å². The summed E-state index contributed by atoms with van der Waals surface area (Å²) in [5.74, 6) is 0. The van der Waals surface area contributed by atoms with Crippen molar-refractivity contribution in [1.29, 1.82) is 0 Å². The molecule has 80 valence electrons. The summed E-state index contributed by atoms with van der Waals surface area (Å²) in [4.78, 5) is -1.59. The van der Waals surface area contributed by atoms with Crippen LogP contribution in [0.15, 0.2) is 0 Å². The number of rotatable bonds is 4. The molecule has 0 aromatic carbocycles. The Kier molecular flexibility index (Phi) is 3.52. The molecule has 0 fully saturated rings. The average Bonchev–Trinajstić information content (AvgIpc) is 1.84. The normalized spacial score (nSPS) is 18.3. The van der Waals surface area contributed by atoms with Crippen molar-refractivity contribution in [3.05, 3.63) is 0 Å². The van der Waals surface area contributed by atoms with Crippen molar-refractivity contribution < 1.29 is 13.0 Å². The van der Waals surface area contributed by atoms with Gasteiger partial charge in [-0.25, -0.2) is 0 Å². The Labute approximate surface area is 80.3 Å². The molecule has 0 aromatic rings. The molecule has 0 saturated heterocycles. The summed E-state index contributed by atoms with van der Waals surface area (Å²) in [5, 5.41) is 0. The minimum atomic E-state index is -4.20. The molecule has 0 aromatic heterocycles. The van der Waals surface area contributed by atoms with Crippen molar-refractivity contribution in [2.75, 3.05) is 0 Å². The maximum Gasteiger partial charge on any atom is 0.284 e. The molecule has 13 heavy (non-hydrogen) atoms. The summed E-state index contributed by atoms with van der Waals surface area (Å²) < 4.78 is 31.0. The highest BCUT2D eigenvalue weighted by atomic mass is 32.2. The van der Waals surface area contributed by atoms with E-state index in [0.29, 0.717) is 6.42 Å². The quantitative estimate of drug-likeness (QED) is 0.685. The number of nitrogens with two attached hydrogens (primary N) is 1. The fourth-order valence-corrected chi connectivity index (χ4v) is 2.02. The summed E-state index contributed by atoms with van der Waals surface area (Å²) in [6.45, 7) is 6.77. The van der Waals surface area contributed by atoms with Gasteiger partial charge in [-0.2, -0.15) is 8.42 Å². The van der Waals surface area contributed by atoms with E-state index in [1.165, 1.54) is 6.92 Å². The Morgan fingerprint density at radius 2 is 1.69 bits per heavy atom. The Balaban J connectivity index is 5.04. The molecule has 0 radical (unpaired) electrons. The van der Waals surface area contributed by atoms with Crippen LogP contribution in [0.2, 0.25) is 0 Å². The van der Waals surface area contributed by atoms with Crippen LogP contribution in [0, 0.1) is 5.41 Å². The van der Waals surface area contributed by atoms with Crippen molar-refractivity contribution in [1.82, 2.24) is 0 Å². The van der Waals surface area contributed by atoms with Gasteiger partial charge in [0.05, 0.1) is 0 Å². The smallest absolute Gasteiger partial charge is 0.284 e. The van der Waals surface area contributed by atoms with Crippen LogP contribution in [-0.2, 0) is 10.1 Å². The Morgan fingerprint density at radius 3 is 1.92 bits per heavy atom. The standard InChI is InChI=1S/C8H19NO3S/c1-5-6-7(2,3)8(4,9)13(10,11)12/h5-6,9H2,1-4H3,(H,10,11,12). The molecule has 0 spiro atoms. The summed E-state index contributed by atoms with van der Waals surface area (Å²) >= 11 is 0. The van der Waals surface area contributed by atoms with Gasteiger partial charge >= 0.3 is 0 Å². The SMILES string of the molecule is CCCC(C)(C)C(C)(N)S(=O)(=O)O. The lowest BCUT2D eigenvalue weighted by Gasteiger charge is -2.38. The molecule has 0 aliphatic rings. The van der Waals surface area contributed by atoms with E-state index >= 15 is 0 Å². The zero-order valence-electron chi connectivity index (χ0n) is 8.66. The van der Waals surface area contributed by atoms with E-state index in [-0.39, 0.29) is 0 Å². The van der Waals surface area contributed by atoms with Gasteiger partial charge in [0.2, 0.25) is 0 Å². The lowest BCUT2D eigenvalue weighted by atomic mass is 9.81. The van der Waals surface area contributed by atoms with Crippen LogP contribution in [0.25, 0.3) is 0 Å². The lowest BCUT2D eigenvalue weighted by Crippen LogP contribution is -2.55. The lowest BCUT2D eigenvalue weighted by molar-refractivity contribution is 0.222. The Hall–Kier alpha value is -0.130. The molecule has 4 nitrogen and oxygen atoms in total. The molecule has 0 aliphatic heterocycles. The number of hydrogen-bond donors (Lipinski definition) is 2. The second-order valence-corrected chi connectivity index (χ2v) is 6.01. The van der Waals surface area contributed by atoms with E-state index in [2.05, 4.69) is 0 Å². The Bertz CT molecular complexity index is 267. The molecule has 0 heterocycles. The minimum absolute atomic E-state index is 0.630. The highest BCUT2D eigenvalue weighted by Crippen LogP contribution is 2.36. The first-order valence-corrected chi connectivity index (χ1v) is 5.76. The average molecular weight is 209 g/mol. The van der Waals surface area contributed by atoms with Gasteiger partial charge in [0.15, 0.2) is 0 Å². The molecule has 1 unspecified atom stereocenters. The minimum Gasteiger partial charge on any atom is -0.310 e. The fourth-order valence-electron chi connectivity index (χ4n) is 1.22. The third-order valence-corrected chi connectivity index (χ3v) is 4.38. The predicted molar refractivity (Wildman–Crippen MR) is 52.8 cm³/mol.